The van der Waals surface area contributed by atoms with Crippen molar-refractivity contribution in [1.29, 1.82) is 0 Å². The van der Waals surface area contributed by atoms with Crippen LogP contribution in [0.5, 0.6) is 0 Å². The third kappa shape index (κ3) is 2.92. The topological polar surface area (TPSA) is 37.1 Å². The number of aryl methyl sites for hydroxylation is 1. The van der Waals surface area contributed by atoms with Crippen molar-refractivity contribution in [3.8, 4) is 0 Å². The summed E-state index contributed by atoms with van der Waals surface area (Å²) in [5.41, 5.74) is 3.34. The normalized spacial score (nSPS) is 18.4. The summed E-state index contributed by atoms with van der Waals surface area (Å²) < 4.78 is 0. The van der Waals surface area contributed by atoms with Gasteiger partial charge in [-0.15, -0.1) is 0 Å². The van der Waals surface area contributed by atoms with Crippen LogP contribution in [0.2, 0.25) is 0 Å². The van der Waals surface area contributed by atoms with Crippen molar-refractivity contribution in [2.45, 2.75) is 19.0 Å². The predicted octanol–water partition coefficient (Wildman–Crippen LogP) is 4.44. The molecule has 1 heterocycles. The zero-order valence-electron chi connectivity index (χ0n) is 14.5. The first kappa shape index (κ1) is 16.3. The molecule has 1 amide bonds. The van der Waals surface area contributed by atoms with E-state index in [2.05, 4.69) is 0 Å². The summed E-state index contributed by atoms with van der Waals surface area (Å²) in [7, 11) is 0. The molecule has 0 radical (unpaired) electrons. The molecule has 3 nitrogen and oxygen atoms in total. The Hall–Kier alpha value is -3.20. The van der Waals surface area contributed by atoms with Crippen LogP contribution in [-0.2, 0) is 0 Å². The minimum Gasteiger partial charge on any atom is -0.316 e. The van der Waals surface area contributed by atoms with Crippen LogP contribution in [0.1, 0.15) is 37.9 Å². The van der Waals surface area contributed by atoms with Gasteiger partial charge in [-0.25, -0.2) is 0 Å². The number of carbonyl (C=O) groups excluding carboxylic acids is 2. The number of nitrogens with zero attached hydrogens (tertiary/aromatic N) is 1. The standard InChI is InChI=1S/C23H19NO2/c1-16-12-14-19(15-13-16)23(26)24-20(17-8-4-2-5-9-17)21(24)22(25)18-10-6-3-7-11-18/h2-15,20-21H,1H3/t20-,21-,24?/m0/s1. The Labute approximate surface area is 152 Å². The lowest BCUT2D eigenvalue weighted by atomic mass is 10.0. The number of Topliss-reactive ketones (excluding diaryl/α,β-unsaturated/α-hetero) is 1. The van der Waals surface area contributed by atoms with Crippen molar-refractivity contribution in [2.75, 3.05) is 0 Å². The molecule has 0 aliphatic carbocycles. The van der Waals surface area contributed by atoms with E-state index in [4.69, 9.17) is 0 Å². The highest BCUT2D eigenvalue weighted by molar-refractivity contribution is 6.08. The fourth-order valence-corrected chi connectivity index (χ4v) is 3.37. The molecule has 0 unspecified atom stereocenters. The minimum absolute atomic E-state index is 0.0140. The SMILES string of the molecule is Cc1ccc(C(=O)N2[C@H](C(=O)c3ccccc3)[C@@H]2c2ccccc2)cc1. The lowest BCUT2D eigenvalue weighted by molar-refractivity contribution is 0.0833. The van der Waals surface area contributed by atoms with Gasteiger partial charge in [0, 0.05) is 11.1 Å². The van der Waals surface area contributed by atoms with Gasteiger partial charge in [-0.3, -0.25) is 9.59 Å². The molecule has 1 aliphatic heterocycles. The summed E-state index contributed by atoms with van der Waals surface area (Å²) >= 11 is 0. The molecular formula is C23H19NO2. The molecule has 4 rings (SSSR count). The Morgan fingerprint density at radius 1 is 0.731 bits per heavy atom. The number of amides is 1. The molecule has 0 N–H and O–H groups in total. The van der Waals surface area contributed by atoms with Gasteiger partial charge in [0.25, 0.3) is 5.91 Å². The Kier molecular flexibility index (Phi) is 4.13. The third-order valence-electron chi connectivity index (χ3n) is 4.81. The molecular weight excluding hydrogens is 322 g/mol. The molecule has 3 aromatic rings. The van der Waals surface area contributed by atoms with Crippen molar-refractivity contribution in [1.82, 2.24) is 4.90 Å². The highest BCUT2D eigenvalue weighted by atomic mass is 16.2. The number of ketones is 1. The van der Waals surface area contributed by atoms with Crippen LogP contribution in [-0.4, -0.2) is 22.6 Å². The van der Waals surface area contributed by atoms with Crippen molar-refractivity contribution >= 4 is 11.7 Å². The van der Waals surface area contributed by atoms with E-state index in [-0.39, 0.29) is 17.7 Å². The van der Waals surface area contributed by atoms with Gasteiger partial charge in [0.05, 0.1) is 6.04 Å². The Morgan fingerprint density at radius 3 is 1.92 bits per heavy atom. The monoisotopic (exact) mass is 341 g/mol. The summed E-state index contributed by atoms with van der Waals surface area (Å²) in [5.74, 6) is -0.118. The summed E-state index contributed by atoms with van der Waals surface area (Å²) in [5, 5.41) is 0. The van der Waals surface area contributed by atoms with Crippen LogP contribution < -0.4 is 0 Å². The van der Waals surface area contributed by atoms with Crippen molar-refractivity contribution in [3.63, 3.8) is 0 Å². The maximum atomic E-state index is 13.0. The number of carbonyl (C=O) groups is 2. The predicted molar refractivity (Wildman–Crippen MR) is 101 cm³/mol. The Bertz CT molecular complexity index is 933. The van der Waals surface area contributed by atoms with E-state index in [9.17, 15) is 9.59 Å². The maximum Gasteiger partial charge on any atom is 0.255 e. The number of rotatable bonds is 4. The highest BCUT2D eigenvalue weighted by Gasteiger charge is 2.56. The smallest absolute Gasteiger partial charge is 0.255 e. The largest absolute Gasteiger partial charge is 0.316 e. The number of benzene rings is 3. The third-order valence-corrected chi connectivity index (χ3v) is 4.81. The van der Waals surface area contributed by atoms with E-state index >= 15 is 0 Å². The van der Waals surface area contributed by atoms with Crippen molar-refractivity contribution in [3.05, 3.63) is 107 Å². The fraction of sp³-hybridized carbons (Fsp3) is 0.130. The molecule has 26 heavy (non-hydrogen) atoms. The molecule has 3 heteroatoms. The molecule has 1 saturated heterocycles. The lowest BCUT2D eigenvalue weighted by Crippen LogP contribution is -2.19. The molecule has 1 fully saturated rings. The highest BCUT2D eigenvalue weighted by Crippen LogP contribution is 2.45. The van der Waals surface area contributed by atoms with Crippen LogP contribution in [0.15, 0.2) is 84.9 Å². The average Bonchev–Trinajstić information content (AvgIpc) is 3.44. The Morgan fingerprint density at radius 2 is 1.31 bits per heavy atom. The van der Waals surface area contributed by atoms with Crippen LogP contribution in [0.4, 0.5) is 0 Å². The molecule has 0 aromatic heterocycles. The van der Waals surface area contributed by atoms with E-state index in [0.29, 0.717) is 11.1 Å². The first-order valence-corrected chi connectivity index (χ1v) is 8.70. The van der Waals surface area contributed by atoms with Crippen LogP contribution in [0.25, 0.3) is 0 Å². The summed E-state index contributed by atoms with van der Waals surface area (Å²) in [6, 6.07) is 25.8. The van der Waals surface area contributed by atoms with Crippen LogP contribution >= 0.6 is 0 Å². The minimum atomic E-state index is -0.450. The van der Waals surface area contributed by atoms with Crippen LogP contribution in [0, 0.1) is 6.92 Å². The average molecular weight is 341 g/mol. The number of hydrogen-bond donors (Lipinski definition) is 0. The number of hydrogen-bond acceptors (Lipinski definition) is 2. The molecule has 2 atom stereocenters. The summed E-state index contributed by atoms with van der Waals surface area (Å²) in [4.78, 5) is 27.7. The maximum absolute atomic E-state index is 13.0. The Balaban J connectivity index is 1.67. The van der Waals surface area contributed by atoms with Crippen LogP contribution in [0.3, 0.4) is 0 Å². The fourth-order valence-electron chi connectivity index (χ4n) is 3.37. The molecule has 0 bridgehead atoms. The summed E-state index contributed by atoms with van der Waals surface area (Å²) in [6.45, 7) is 1.99. The van der Waals surface area contributed by atoms with Crippen molar-refractivity contribution in [2.24, 2.45) is 0 Å². The molecule has 0 saturated carbocycles. The molecule has 128 valence electrons. The first-order chi connectivity index (χ1) is 12.7. The molecule has 1 aliphatic rings. The van der Waals surface area contributed by atoms with Gasteiger partial charge in [-0.2, -0.15) is 0 Å². The zero-order valence-corrected chi connectivity index (χ0v) is 14.5. The van der Waals surface area contributed by atoms with Gasteiger partial charge in [0.1, 0.15) is 6.04 Å². The quantitative estimate of drug-likeness (QED) is 0.519. The summed E-state index contributed by atoms with van der Waals surface area (Å²) in [6.07, 6.45) is 0. The van der Waals surface area contributed by atoms with E-state index in [1.54, 1.807) is 17.0 Å². The lowest BCUT2D eigenvalue weighted by Gasteiger charge is -2.06. The van der Waals surface area contributed by atoms with E-state index < -0.39 is 6.04 Å². The van der Waals surface area contributed by atoms with Crippen molar-refractivity contribution < 1.29 is 9.59 Å². The van der Waals surface area contributed by atoms with Gasteiger partial charge >= 0.3 is 0 Å². The van der Waals surface area contributed by atoms with E-state index in [0.717, 1.165) is 11.1 Å². The molecule has 3 aromatic carbocycles. The second kappa shape index (κ2) is 6.60. The van der Waals surface area contributed by atoms with E-state index in [1.165, 1.54) is 0 Å². The second-order valence-electron chi connectivity index (χ2n) is 6.61. The van der Waals surface area contributed by atoms with Gasteiger partial charge in [0.2, 0.25) is 0 Å². The van der Waals surface area contributed by atoms with Gasteiger partial charge in [-0.1, -0.05) is 78.4 Å². The second-order valence-corrected chi connectivity index (χ2v) is 6.61. The van der Waals surface area contributed by atoms with Gasteiger partial charge < -0.3 is 4.90 Å². The van der Waals surface area contributed by atoms with Gasteiger partial charge in [0.15, 0.2) is 5.78 Å². The molecule has 0 spiro atoms. The first-order valence-electron chi connectivity index (χ1n) is 8.70. The van der Waals surface area contributed by atoms with Gasteiger partial charge in [-0.05, 0) is 24.6 Å². The zero-order chi connectivity index (χ0) is 18.1. The van der Waals surface area contributed by atoms with E-state index in [1.807, 2.05) is 79.7 Å².